The second kappa shape index (κ2) is 6.62. The van der Waals surface area contributed by atoms with Crippen molar-refractivity contribution in [3.8, 4) is 0 Å². The molecule has 0 bridgehead atoms. The van der Waals surface area contributed by atoms with E-state index in [2.05, 4.69) is 10.4 Å². The largest absolute Gasteiger partial charge is 0.272 e. The number of aromatic nitrogens is 1. The van der Waals surface area contributed by atoms with Crippen LogP contribution in [0.2, 0.25) is 10.0 Å². The molecule has 0 radical (unpaired) electrons. The standard InChI is InChI=1S/C15H11Cl2N3O4S/c16-10-1-2-11(12(17)7-10)15-20(13(21)8-25(15,23)24)19-14(22)9-3-5-18-6-4-9/h1-7,15H,8H2,(H,19,22). The highest BCUT2D eigenvalue weighted by molar-refractivity contribution is 7.92. The van der Waals surface area contributed by atoms with E-state index in [4.69, 9.17) is 23.2 Å². The molecule has 2 amide bonds. The lowest BCUT2D eigenvalue weighted by atomic mass is 10.2. The van der Waals surface area contributed by atoms with Gasteiger partial charge in [0.2, 0.25) is 0 Å². The molecule has 10 heteroatoms. The van der Waals surface area contributed by atoms with Gasteiger partial charge in [0.05, 0.1) is 0 Å². The van der Waals surface area contributed by atoms with Crippen LogP contribution >= 0.6 is 23.2 Å². The molecule has 1 saturated heterocycles. The van der Waals surface area contributed by atoms with Gasteiger partial charge in [0, 0.05) is 33.6 Å². The molecule has 1 atom stereocenters. The Bertz CT molecular complexity index is 951. The number of halogens is 2. The number of pyridine rings is 1. The van der Waals surface area contributed by atoms with Crippen LogP contribution in [0.5, 0.6) is 0 Å². The summed E-state index contributed by atoms with van der Waals surface area (Å²) in [4.78, 5) is 28.3. The Kier molecular flexibility index (Phi) is 4.68. The van der Waals surface area contributed by atoms with Gasteiger partial charge in [-0.25, -0.2) is 13.4 Å². The first-order chi connectivity index (χ1) is 11.8. The van der Waals surface area contributed by atoms with Crippen molar-refractivity contribution in [1.82, 2.24) is 15.4 Å². The van der Waals surface area contributed by atoms with Crippen LogP contribution < -0.4 is 5.43 Å². The molecule has 1 aliphatic rings. The number of hydrogen-bond acceptors (Lipinski definition) is 5. The van der Waals surface area contributed by atoms with E-state index in [1.54, 1.807) is 0 Å². The summed E-state index contributed by atoms with van der Waals surface area (Å²) in [5.74, 6) is -2.12. The Labute approximate surface area is 153 Å². The van der Waals surface area contributed by atoms with Gasteiger partial charge in [0.1, 0.15) is 5.75 Å². The zero-order valence-corrected chi connectivity index (χ0v) is 14.8. The molecular weight excluding hydrogens is 389 g/mol. The van der Waals surface area contributed by atoms with E-state index in [-0.39, 0.29) is 16.1 Å². The van der Waals surface area contributed by atoms with Crippen LogP contribution in [-0.2, 0) is 14.6 Å². The molecular formula is C15H11Cl2N3O4S. The Morgan fingerprint density at radius 1 is 1.20 bits per heavy atom. The summed E-state index contributed by atoms with van der Waals surface area (Å²) >= 11 is 11.9. The molecule has 1 N–H and O–H groups in total. The lowest BCUT2D eigenvalue weighted by molar-refractivity contribution is -0.130. The number of carbonyl (C=O) groups is 2. The van der Waals surface area contributed by atoms with Crippen molar-refractivity contribution in [3.05, 3.63) is 63.9 Å². The minimum atomic E-state index is -3.88. The molecule has 130 valence electrons. The van der Waals surface area contributed by atoms with Gasteiger partial charge in [-0.05, 0) is 24.3 Å². The minimum Gasteiger partial charge on any atom is -0.272 e. The molecule has 1 fully saturated rings. The number of benzene rings is 1. The average molecular weight is 400 g/mol. The minimum absolute atomic E-state index is 0.0823. The van der Waals surface area contributed by atoms with Gasteiger partial charge in [-0.1, -0.05) is 29.3 Å². The molecule has 1 unspecified atom stereocenters. The second-order valence-corrected chi connectivity index (χ2v) is 8.17. The Balaban J connectivity index is 1.98. The first kappa shape index (κ1) is 17.7. The van der Waals surface area contributed by atoms with Crippen molar-refractivity contribution in [2.75, 3.05) is 5.75 Å². The topological polar surface area (TPSA) is 96.4 Å². The van der Waals surface area contributed by atoms with Gasteiger partial charge >= 0.3 is 0 Å². The predicted molar refractivity (Wildman–Crippen MR) is 91.5 cm³/mol. The fourth-order valence-electron chi connectivity index (χ4n) is 2.44. The van der Waals surface area contributed by atoms with Crippen LogP contribution in [0.4, 0.5) is 0 Å². The second-order valence-electron chi connectivity index (χ2n) is 5.27. The maximum Gasteiger partial charge on any atom is 0.270 e. The van der Waals surface area contributed by atoms with Crippen LogP contribution in [0.25, 0.3) is 0 Å². The van der Waals surface area contributed by atoms with E-state index in [0.717, 1.165) is 5.01 Å². The molecule has 7 nitrogen and oxygen atoms in total. The molecule has 0 aliphatic carbocycles. The molecule has 0 spiro atoms. The third-order valence-corrected chi connectivity index (χ3v) is 5.92. The van der Waals surface area contributed by atoms with Crippen LogP contribution in [0.1, 0.15) is 21.3 Å². The first-order valence-electron chi connectivity index (χ1n) is 6.99. The number of nitrogens with one attached hydrogen (secondary N) is 1. The molecule has 25 heavy (non-hydrogen) atoms. The van der Waals surface area contributed by atoms with Gasteiger partial charge in [0.15, 0.2) is 15.2 Å². The van der Waals surface area contributed by atoms with Gasteiger partial charge in [-0.2, -0.15) is 0 Å². The maximum absolute atomic E-state index is 12.4. The number of amides is 2. The summed E-state index contributed by atoms with van der Waals surface area (Å²) in [6.45, 7) is 0. The number of nitrogens with zero attached hydrogens (tertiary/aromatic N) is 2. The molecule has 1 aromatic carbocycles. The van der Waals surface area contributed by atoms with E-state index in [9.17, 15) is 18.0 Å². The van der Waals surface area contributed by atoms with Gasteiger partial charge in [0.25, 0.3) is 11.8 Å². The average Bonchev–Trinajstić information content (AvgIpc) is 2.77. The normalized spacial score (nSPS) is 19.0. The van der Waals surface area contributed by atoms with Crippen molar-refractivity contribution in [2.24, 2.45) is 0 Å². The third kappa shape index (κ3) is 3.46. The summed E-state index contributed by atoms with van der Waals surface area (Å²) in [5, 5.41) is -0.231. The highest BCUT2D eigenvalue weighted by atomic mass is 35.5. The zero-order chi connectivity index (χ0) is 18.2. The van der Waals surface area contributed by atoms with Crippen molar-refractivity contribution in [1.29, 1.82) is 0 Å². The monoisotopic (exact) mass is 399 g/mol. The van der Waals surface area contributed by atoms with Crippen LogP contribution in [-0.4, -0.2) is 36.0 Å². The third-order valence-electron chi connectivity index (χ3n) is 3.56. The van der Waals surface area contributed by atoms with Gasteiger partial charge in [-0.3, -0.25) is 20.0 Å². The quantitative estimate of drug-likeness (QED) is 0.850. The van der Waals surface area contributed by atoms with Gasteiger partial charge < -0.3 is 0 Å². The summed E-state index contributed by atoms with van der Waals surface area (Å²) < 4.78 is 24.8. The molecule has 1 aromatic heterocycles. The van der Waals surface area contributed by atoms with E-state index in [1.165, 1.54) is 42.7 Å². The summed E-state index contributed by atoms with van der Waals surface area (Å²) in [6, 6.07) is 7.13. The molecule has 1 aliphatic heterocycles. The Morgan fingerprint density at radius 3 is 2.52 bits per heavy atom. The van der Waals surface area contributed by atoms with Crippen LogP contribution in [0, 0.1) is 0 Å². The molecule has 2 aromatic rings. The smallest absolute Gasteiger partial charge is 0.270 e. The van der Waals surface area contributed by atoms with Crippen LogP contribution in [0.3, 0.4) is 0 Å². The van der Waals surface area contributed by atoms with Gasteiger partial charge in [-0.15, -0.1) is 0 Å². The lowest BCUT2D eigenvalue weighted by Gasteiger charge is -2.24. The summed E-state index contributed by atoms with van der Waals surface area (Å²) in [6.07, 6.45) is 2.82. The summed E-state index contributed by atoms with van der Waals surface area (Å²) in [7, 11) is -3.88. The Hall–Kier alpha value is -2.16. The van der Waals surface area contributed by atoms with E-state index >= 15 is 0 Å². The van der Waals surface area contributed by atoms with Crippen LogP contribution in [0.15, 0.2) is 42.7 Å². The van der Waals surface area contributed by atoms with E-state index in [1.807, 2.05) is 0 Å². The number of hydrazine groups is 1. The van der Waals surface area contributed by atoms with Crippen molar-refractivity contribution < 1.29 is 18.0 Å². The Morgan fingerprint density at radius 2 is 1.88 bits per heavy atom. The fraction of sp³-hybridized carbons (Fsp3) is 0.133. The summed E-state index contributed by atoms with van der Waals surface area (Å²) in [5.41, 5.74) is 2.73. The SMILES string of the molecule is O=C(NN1C(=O)CS(=O)(=O)C1c1ccc(Cl)cc1Cl)c1ccncc1. The van der Waals surface area contributed by atoms with E-state index < -0.39 is 32.8 Å². The van der Waals surface area contributed by atoms with Crippen molar-refractivity contribution >= 4 is 44.9 Å². The zero-order valence-electron chi connectivity index (χ0n) is 12.5. The molecule has 2 heterocycles. The van der Waals surface area contributed by atoms with Crippen molar-refractivity contribution in [2.45, 2.75) is 5.37 Å². The lowest BCUT2D eigenvalue weighted by Crippen LogP contribution is -2.45. The van der Waals surface area contributed by atoms with Crippen molar-refractivity contribution in [3.63, 3.8) is 0 Å². The highest BCUT2D eigenvalue weighted by Gasteiger charge is 2.47. The molecule has 0 saturated carbocycles. The molecule has 3 rings (SSSR count). The van der Waals surface area contributed by atoms with E-state index in [0.29, 0.717) is 5.02 Å². The first-order valence-corrected chi connectivity index (χ1v) is 9.46. The number of sulfone groups is 1. The maximum atomic E-state index is 12.4. The number of hydrogen-bond donors (Lipinski definition) is 1. The number of carbonyl (C=O) groups excluding carboxylic acids is 2. The highest BCUT2D eigenvalue weighted by Crippen LogP contribution is 2.37. The number of rotatable bonds is 3. The predicted octanol–water partition coefficient (Wildman–Crippen LogP) is 1.99. The fourth-order valence-corrected chi connectivity index (χ4v) is 4.75.